The fraction of sp³-hybridized carbons (Fsp3) is 0.346. The Hall–Kier alpha value is -5.30. The third kappa shape index (κ3) is 9.52. The molecule has 6 nitrogen and oxygen atoms in total. The zero-order valence-electron chi connectivity index (χ0n) is 34.6. The maximum absolute atomic E-state index is 12.4. The van der Waals surface area contributed by atoms with Crippen LogP contribution in [0.25, 0.3) is 64.6 Å². The minimum absolute atomic E-state index is 0.0659. The molecule has 58 heavy (non-hydrogen) atoms. The molecule has 0 aliphatic heterocycles. The second kappa shape index (κ2) is 18.5. The summed E-state index contributed by atoms with van der Waals surface area (Å²) in [6.45, 7) is 10.6. The standard InChI is InChI=1S/C29H35NO2.C23H23NO2/c1-20(2)19-32-29(3,4)17-18-30-26(31)10-6-7-21-11-12-24-14-13-22-8-5-9-23-15-16-25(21)28(24)27(22)23;25-15-3-14-24-21(26)7-2-4-16-8-9-19-11-10-17-5-1-6-18-12-13-20(16)23(19)22(17)18/h5,8-9,11-16,20H,6-7,10,17-19H2,1-4H3,(H,30,31);1,5-6,8-13,25H,2-4,7,14-15H2,(H,24,26). The van der Waals surface area contributed by atoms with Gasteiger partial charge >= 0.3 is 0 Å². The van der Waals surface area contributed by atoms with Crippen molar-refractivity contribution in [3.63, 3.8) is 0 Å². The number of benzene rings is 8. The summed E-state index contributed by atoms with van der Waals surface area (Å²) in [5.74, 6) is 0.710. The van der Waals surface area contributed by atoms with Gasteiger partial charge in [0.1, 0.15) is 0 Å². The van der Waals surface area contributed by atoms with E-state index in [0.29, 0.717) is 38.3 Å². The molecule has 0 saturated heterocycles. The second-order valence-electron chi connectivity index (χ2n) is 16.9. The Labute approximate surface area is 342 Å². The SMILES string of the molecule is CC(C)COC(C)(C)CCNC(=O)CCCc1ccc2ccc3cccc4ccc1c2c34.O=C(CCCc1ccc2ccc3cccc4ccc1c2c34)NCCCO. The van der Waals surface area contributed by atoms with Crippen molar-refractivity contribution in [2.75, 3.05) is 26.3 Å². The van der Waals surface area contributed by atoms with E-state index in [4.69, 9.17) is 9.84 Å². The predicted molar refractivity (Wildman–Crippen MR) is 243 cm³/mol. The van der Waals surface area contributed by atoms with Gasteiger partial charge in [-0.25, -0.2) is 0 Å². The van der Waals surface area contributed by atoms with Gasteiger partial charge < -0.3 is 20.5 Å². The highest BCUT2D eigenvalue weighted by Gasteiger charge is 2.19. The number of rotatable bonds is 17. The Morgan fingerprint density at radius 2 is 0.983 bits per heavy atom. The molecular formula is C52H58N2O4. The van der Waals surface area contributed by atoms with E-state index >= 15 is 0 Å². The van der Waals surface area contributed by atoms with Crippen LogP contribution >= 0.6 is 0 Å². The first-order chi connectivity index (χ1) is 28.1. The van der Waals surface area contributed by atoms with Crippen LogP contribution in [0.1, 0.15) is 77.3 Å². The topological polar surface area (TPSA) is 87.7 Å². The average Bonchev–Trinajstić information content (AvgIpc) is 3.22. The van der Waals surface area contributed by atoms with Crippen LogP contribution < -0.4 is 10.6 Å². The molecule has 0 unspecified atom stereocenters. The number of aliphatic hydroxyl groups excluding tert-OH is 1. The van der Waals surface area contributed by atoms with Crippen molar-refractivity contribution in [3.05, 3.63) is 120 Å². The molecular weight excluding hydrogens is 717 g/mol. The molecule has 2 amide bonds. The van der Waals surface area contributed by atoms with Crippen molar-refractivity contribution in [1.82, 2.24) is 10.6 Å². The molecule has 0 spiro atoms. The van der Waals surface area contributed by atoms with Gasteiger partial charge in [0.25, 0.3) is 0 Å². The van der Waals surface area contributed by atoms with Crippen molar-refractivity contribution in [2.45, 2.75) is 84.7 Å². The van der Waals surface area contributed by atoms with Gasteiger partial charge in [0.15, 0.2) is 0 Å². The fourth-order valence-corrected chi connectivity index (χ4v) is 8.36. The van der Waals surface area contributed by atoms with Gasteiger partial charge in [0, 0.05) is 39.1 Å². The van der Waals surface area contributed by atoms with Gasteiger partial charge in [-0.2, -0.15) is 0 Å². The fourth-order valence-electron chi connectivity index (χ4n) is 8.36. The Morgan fingerprint density at radius 1 is 0.569 bits per heavy atom. The first-order valence-electron chi connectivity index (χ1n) is 21.2. The summed E-state index contributed by atoms with van der Waals surface area (Å²) in [7, 11) is 0. The minimum atomic E-state index is -0.209. The van der Waals surface area contributed by atoms with E-state index in [0.717, 1.165) is 38.7 Å². The van der Waals surface area contributed by atoms with Crippen molar-refractivity contribution >= 4 is 76.4 Å². The molecule has 8 aromatic rings. The minimum Gasteiger partial charge on any atom is -0.396 e. The van der Waals surface area contributed by atoms with E-state index in [1.165, 1.54) is 75.8 Å². The van der Waals surface area contributed by atoms with Gasteiger partial charge in [0.2, 0.25) is 11.8 Å². The van der Waals surface area contributed by atoms with E-state index in [2.05, 4.69) is 148 Å². The quantitative estimate of drug-likeness (QED) is 0.0635. The van der Waals surface area contributed by atoms with Crippen molar-refractivity contribution in [2.24, 2.45) is 5.92 Å². The highest BCUT2D eigenvalue weighted by Crippen LogP contribution is 2.37. The third-order valence-corrected chi connectivity index (χ3v) is 11.5. The summed E-state index contributed by atoms with van der Waals surface area (Å²) in [4.78, 5) is 24.2. The molecule has 6 heteroatoms. The lowest BCUT2D eigenvalue weighted by Crippen LogP contribution is -2.33. The zero-order valence-corrected chi connectivity index (χ0v) is 34.6. The molecule has 0 aromatic heterocycles. The molecule has 0 fully saturated rings. The summed E-state index contributed by atoms with van der Waals surface area (Å²) in [5.41, 5.74) is 2.42. The summed E-state index contributed by atoms with van der Waals surface area (Å²) in [6.07, 6.45) is 5.98. The smallest absolute Gasteiger partial charge is 0.220 e. The van der Waals surface area contributed by atoms with Gasteiger partial charge in [-0.15, -0.1) is 0 Å². The monoisotopic (exact) mass is 774 g/mol. The van der Waals surface area contributed by atoms with Gasteiger partial charge in [-0.3, -0.25) is 9.59 Å². The summed E-state index contributed by atoms with van der Waals surface area (Å²) in [6, 6.07) is 39.5. The van der Waals surface area contributed by atoms with E-state index < -0.39 is 0 Å². The lowest BCUT2D eigenvalue weighted by Gasteiger charge is -2.26. The number of ether oxygens (including phenoxy) is 1. The number of aryl methyl sites for hydroxylation is 2. The van der Waals surface area contributed by atoms with Crippen LogP contribution in [0.5, 0.6) is 0 Å². The largest absolute Gasteiger partial charge is 0.396 e. The second-order valence-corrected chi connectivity index (χ2v) is 16.9. The third-order valence-electron chi connectivity index (χ3n) is 11.5. The number of hydrogen-bond donors (Lipinski definition) is 3. The van der Waals surface area contributed by atoms with Crippen LogP contribution in [-0.4, -0.2) is 48.8 Å². The van der Waals surface area contributed by atoms with E-state index in [9.17, 15) is 9.59 Å². The Morgan fingerprint density at radius 3 is 1.43 bits per heavy atom. The Balaban J connectivity index is 0.000000180. The average molecular weight is 775 g/mol. The molecule has 0 bridgehead atoms. The molecule has 0 radical (unpaired) electrons. The number of carbonyl (C=O) groups is 2. The molecule has 8 aromatic carbocycles. The van der Waals surface area contributed by atoms with Crippen LogP contribution in [0.2, 0.25) is 0 Å². The lowest BCUT2D eigenvalue weighted by atomic mass is 9.90. The van der Waals surface area contributed by atoms with Gasteiger partial charge in [-0.1, -0.05) is 123 Å². The lowest BCUT2D eigenvalue weighted by molar-refractivity contribution is -0.122. The molecule has 0 heterocycles. The normalized spacial score (nSPS) is 12.0. The molecule has 0 saturated carbocycles. The number of aliphatic hydroxyl groups is 1. The maximum atomic E-state index is 12.4. The van der Waals surface area contributed by atoms with E-state index in [1.807, 2.05) is 0 Å². The van der Waals surface area contributed by atoms with Gasteiger partial charge in [-0.05, 0) is 134 Å². The van der Waals surface area contributed by atoms with Crippen LogP contribution in [0, 0.1) is 5.92 Å². The van der Waals surface area contributed by atoms with Crippen molar-refractivity contribution in [1.29, 1.82) is 0 Å². The molecule has 0 aliphatic carbocycles. The summed E-state index contributed by atoms with van der Waals surface area (Å²) >= 11 is 0. The molecule has 8 rings (SSSR count). The van der Waals surface area contributed by atoms with Crippen molar-refractivity contribution in [3.8, 4) is 0 Å². The molecule has 0 aliphatic rings. The van der Waals surface area contributed by atoms with Crippen LogP contribution in [-0.2, 0) is 27.2 Å². The highest BCUT2D eigenvalue weighted by molar-refractivity contribution is 6.24. The maximum Gasteiger partial charge on any atom is 0.220 e. The number of hydrogen-bond acceptors (Lipinski definition) is 4. The molecule has 300 valence electrons. The number of carbonyl (C=O) groups excluding carboxylic acids is 2. The van der Waals surface area contributed by atoms with Gasteiger partial charge in [0.05, 0.1) is 5.60 Å². The molecule has 3 N–H and O–H groups in total. The number of amides is 2. The Bertz CT molecular complexity index is 2590. The van der Waals surface area contributed by atoms with Crippen LogP contribution in [0.3, 0.4) is 0 Å². The Kier molecular flexibility index (Phi) is 13.1. The zero-order chi connectivity index (χ0) is 40.6. The first kappa shape index (κ1) is 40.9. The number of nitrogens with one attached hydrogen (secondary N) is 2. The van der Waals surface area contributed by atoms with Crippen LogP contribution in [0.4, 0.5) is 0 Å². The predicted octanol–water partition coefficient (Wildman–Crippen LogP) is 11.3. The summed E-state index contributed by atoms with van der Waals surface area (Å²) in [5, 5.41) is 30.4. The first-order valence-corrected chi connectivity index (χ1v) is 21.2. The van der Waals surface area contributed by atoms with Crippen LogP contribution in [0.15, 0.2) is 109 Å². The van der Waals surface area contributed by atoms with E-state index in [1.54, 1.807) is 0 Å². The molecule has 0 atom stereocenters. The van der Waals surface area contributed by atoms with Crippen molar-refractivity contribution < 1.29 is 19.4 Å². The highest BCUT2D eigenvalue weighted by atomic mass is 16.5. The summed E-state index contributed by atoms with van der Waals surface area (Å²) < 4.78 is 5.95. The van der Waals surface area contributed by atoms with E-state index in [-0.39, 0.29) is 24.0 Å².